The number of amides is 4. The van der Waals surface area contributed by atoms with Crippen molar-refractivity contribution >= 4 is 44.8 Å². The van der Waals surface area contributed by atoms with E-state index in [0.29, 0.717) is 71.7 Å². The molecule has 3 fully saturated rings. The molecule has 15 heteroatoms. The number of urea groups is 1. The van der Waals surface area contributed by atoms with E-state index in [-0.39, 0.29) is 30.4 Å². The SMILES string of the molecule is Cc1cc(C[C@@H](OC(=O)N2CCC(N3CCc4ccccc4NC3=O)CC2)C(=O)N2CCC(N3CCN(S(C)(=O)=O)CC3)CC2)cc2[nH]cnc12. The van der Waals surface area contributed by atoms with Gasteiger partial charge in [-0.1, -0.05) is 24.3 Å². The molecule has 7 rings (SSSR count). The second kappa shape index (κ2) is 14.8. The van der Waals surface area contributed by atoms with Crippen LogP contribution in [-0.4, -0.2) is 144 Å². The molecule has 0 bridgehead atoms. The summed E-state index contributed by atoms with van der Waals surface area (Å²) in [5, 5.41) is 3.05. The molecule has 0 aliphatic carbocycles. The van der Waals surface area contributed by atoms with Crippen LogP contribution >= 0.6 is 0 Å². The summed E-state index contributed by atoms with van der Waals surface area (Å²) in [6.07, 6.45) is 5.17. The Morgan fingerprint density at radius 2 is 1.61 bits per heavy atom. The zero-order chi connectivity index (χ0) is 35.7. The first kappa shape index (κ1) is 35.2. The molecule has 0 unspecified atom stereocenters. The van der Waals surface area contributed by atoms with Crippen LogP contribution in [0.5, 0.6) is 0 Å². The minimum atomic E-state index is -3.20. The number of piperidine rings is 2. The number of imidazole rings is 1. The fourth-order valence-corrected chi connectivity index (χ4v) is 8.99. The van der Waals surface area contributed by atoms with Gasteiger partial charge in [0, 0.05) is 83.1 Å². The number of piperazine rings is 1. The van der Waals surface area contributed by atoms with Gasteiger partial charge in [-0.25, -0.2) is 23.0 Å². The van der Waals surface area contributed by atoms with Crippen LogP contribution in [0.25, 0.3) is 11.0 Å². The maximum Gasteiger partial charge on any atom is 0.410 e. The Hall–Kier alpha value is -4.21. The Bertz CT molecular complexity index is 1860. The Labute approximate surface area is 299 Å². The highest BCUT2D eigenvalue weighted by Gasteiger charge is 2.37. The predicted molar refractivity (Wildman–Crippen MR) is 193 cm³/mol. The molecule has 14 nitrogen and oxygen atoms in total. The number of benzene rings is 2. The molecule has 274 valence electrons. The second-order valence-corrected chi connectivity index (χ2v) is 16.3. The highest BCUT2D eigenvalue weighted by atomic mass is 32.2. The zero-order valence-electron chi connectivity index (χ0n) is 29.4. The minimum Gasteiger partial charge on any atom is -0.436 e. The number of aromatic nitrogens is 2. The number of anilines is 1. The molecule has 51 heavy (non-hydrogen) atoms. The number of hydrogen-bond donors (Lipinski definition) is 2. The van der Waals surface area contributed by atoms with Gasteiger partial charge < -0.3 is 29.7 Å². The number of rotatable bonds is 7. The van der Waals surface area contributed by atoms with Gasteiger partial charge in [-0.05, 0) is 67.9 Å². The van der Waals surface area contributed by atoms with Gasteiger partial charge in [-0.15, -0.1) is 0 Å². The molecule has 0 radical (unpaired) electrons. The van der Waals surface area contributed by atoms with Crippen LogP contribution in [0.3, 0.4) is 0 Å². The molecule has 4 amide bonds. The molecule has 1 aromatic heterocycles. The van der Waals surface area contributed by atoms with Crippen molar-refractivity contribution in [3.63, 3.8) is 0 Å². The van der Waals surface area contributed by atoms with Crippen LogP contribution in [0.2, 0.25) is 0 Å². The first-order valence-electron chi connectivity index (χ1n) is 18.0. The van der Waals surface area contributed by atoms with Crippen molar-refractivity contribution in [3.8, 4) is 0 Å². The average molecular weight is 721 g/mol. The summed E-state index contributed by atoms with van der Waals surface area (Å²) in [5.41, 5.74) is 5.54. The van der Waals surface area contributed by atoms with Crippen LogP contribution in [0.1, 0.15) is 42.4 Å². The topological polar surface area (TPSA) is 151 Å². The van der Waals surface area contributed by atoms with E-state index in [1.54, 1.807) is 11.2 Å². The van der Waals surface area contributed by atoms with Crippen LogP contribution in [-0.2, 0) is 32.4 Å². The second-order valence-electron chi connectivity index (χ2n) is 14.3. The van der Waals surface area contributed by atoms with Crippen LogP contribution in [0.15, 0.2) is 42.7 Å². The van der Waals surface area contributed by atoms with E-state index in [4.69, 9.17) is 4.74 Å². The van der Waals surface area contributed by atoms with Gasteiger partial charge in [0.1, 0.15) is 0 Å². The number of nitrogens with one attached hydrogen (secondary N) is 2. The van der Waals surface area contributed by atoms with E-state index in [1.807, 2.05) is 53.1 Å². The van der Waals surface area contributed by atoms with E-state index in [1.165, 1.54) is 10.6 Å². The molecule has 0 spiro atoms. The number of ether oxygens (including phenoxy) is 1. The molecule has 1 atom stereocenters. The number of aryl methyl sites for hydroxylation is 1. The smallest absolute Gasteiger partial charge is 0.410 e. The van der Waals surface area contributed by atoms with E-state index in [2.05, 4.69) is 20.2 Å². The van der Waals surface area contributed by atoms with Gasteiger partial charge in [0.25, 0.3) is 5.91 Å². The highest BCUT2D eigenvalue weighted by molar-refractivity contribution is 7.88. The largest absolute Gasteiger partial charge is 0.436 e. The van der Waals surface area contributed by atoms with E-state index >= 15 is 0 Å². The highest BCUT2D eigenvalue weighted by Crippen LogP contribution is 2.27. The molecule has 4 aliphatic heterocycles. The normalized spacial score (nSPS) is 20.9. The molecule has 0 saturated carbocycles. The lowest BCUT2D eigenvalue weighted by Crippen LogP contribution is -2.55. The number of aromatic amines is 1. The lowest BCUT2D eigenvalue weighted by Gasteiger charge is -2.42. The maximum absolute atomic E-state index is 14.1. The minimum absolute atomic E-state index is 0.000506. The van der Waals surface area contributed by atoms with Crippen molar-refractivity contribution in [2.45, 2.75) is 63.6 Å². The summed E-state index contributed by atoms with van der Waals surface area (Å²) in [4.78, 5) is 56.2. The molecular formula is C36H48N8O6S. The lowest BCUT2D eigenvalue weighted by atomic mass is 9.99. The fraction of sp³-hybridized carbons (Fsp3) is 0.556. The summed E-state index contributed by atoms with van der Waals surface area (Å²) in [5.74, 6) is -0.207. The third-order valence-corrected chi connectivity index (χ3v) is 12.4. The quantitative estimate of drug-likeness (QED) is 0.378. The van der Waals surface area contributed by atoms with Crippen LogP contribution in [0, 0.1) is 6.92 Å². The predicted octanol–water partition coefficient (Wildman–Crippen LogP) is 3.04. The Morgan fingerprint density at radius 1 is 0.922 bits per heavy atom. The molecule has 3 aromatic rings. The van der Waals surface area contributed by atoms with Crippen LogP contribution < -0.4 is 5.32 Å². The summed E-state index contributed by atoms with van der Waals surface area (Å²) >= 11 is 0. The third-order valence-electron chi connectivity index (χ3n) is 11.1. The molecule has 4 aliphatic rings. The standard InChI is InChI=1S/C36H48N8O6S/c1-25-21-26(22-31-33(25)38-24-37-31)23-32(34(45)41-12-8-28(9-13-41)40-17-19-43(20-18-40)51(2,48)49)50-36(47)42-14-10-29(11-15-42)44-16-7-27-5-3-4-6-30(27)39-35(44)46/h3-6,21-22,24,28-29,32H,7-20,23H2,1-2H3,(H,37,38)(H,39,46)/t32-/m1/s1. The summed E-state index contributed by atoms with van der Waals surface area (Å²) < 4.78 is 31.6. The van der Waals surface area contributed by atoms with E-state index < -0.39 is 22.2 Å². The fourth-order valence-electron chi connectivity index (χ4n) is 8.16. The number of nitrogens with zero attached hydrogens (tertiary/aromatic N) is 6. The zero-order valence-corrected chi connectivity index (χ0v) is 30.2. The number of carbonyl (C=O) groups excluding carboxylic acids is 3. The third kappa shape index (κ3) is 7.85. The number of hydrogen-bond acceptors (Lipinski definition) is 8. The lowest BCUT2D eigenvalue weighted by molar-refractivity contribution is -0.142. The molecule has 3 saturated heterocycles. The molecule has 2 aromatic carbocycles. The van der Waals surface area contributed by atoms with Gasteiger partial charge in [0.15, 0.2) is 6.10 Å². The van der Waals surface area contributed by atoms with Crippen molar-refractivity contribution in [3.05, 3.63) is 59.4 Å². The van der Waals surface area contributed by atoms with Crippen molar-refractivity contribution < 1.29 is 27.5 Å². The molecular weight excluding hydrogens is 673 g/mol. The monoisotopic (exact) mass is 720 g/mol. The number of para-hydroxylation sites is 1. The van der Waals surface area contributed by atoms with Gasteiger partial charge in [-0.2, -0.15) is 4.31 Å². The van der Waals surface area contributed by atoms with Gasteiger partial charge >= 0.3 is 12.1 Å². The molecule has 2 N–H and O–H groups in total. The summed E-state index contributed by atoms with van der Waals surface area (Å²) in [7, 11) is -3.20. The van der Waals surface area contributed by atoms with E-state index in [9.17, 15) is 22.8 Å². The number of sulfonamides is 1. The Kier molecular flexibility index (Phi) is 10.2. The Balaban J connectivity index is 0.985. The molecule has 5 heterocycles. The summed E-state index contributed by atoms with van der Waals surface area (Å²) in [6, 6.07) is 12.0. The first-order chi connectivity index (χ1) is 24.5. The van der Waals surface area contributed by atoms with Gasteiger partial charge in [0.2, 0.25) is 10.0 Å². The van der Waals surface area contributed by atoms with Gasteiger partial charge in [0.05, 0.1) is 23.6 Å². The number of H-pyrrole nitrogens is 1. The number of likely N-dealkylation sites (tertiary alicyclic amines) is 2. The number of carbonyl (C=O) groups is 3. The van der Waals surface area contributed by atoms with Crippen LogP contribution in [0.4, 0.5) is 15.3 Å². The Morgan fingerprint density at radius 3 is 2.33 bits per heavy atom. The van der Waals surface area contributed by atoms with Crippen molar-refractivity contribution in [2.75, 3.05) is 70.5 Å². The maximum atomic E-state index is 14.1. The van der Waals surface area contributed by atoms with Crippen molar-refractivity contribution in [1.29, 1.82) is 0 Å². The van der Waals surface area contributed by atoms with E-state index in [0.717, 1.165) is 52.7 Å². The first-order valence-corrected chi connectivity index (χ1v) is 19.9. The van der Waals surface area contributed by atoms with Crippen molar-refractivity contribution in [1.82, 2.24) is 33.9 Å². The number of fused-ring (bicyclic) bond motifs is 2. The average Bonchev–Trinajstić information content (AvgIpc) is 3.54. The van der Waals surface area contributed by atoms with Crippen molar-refractivity contribution in [2.24, 2.45) is 0 Å². The van der Waals surface area contributed by atoms with Gasteiger partial charge in [-0.3, -0.25) is 9.69 Å². The summed E-state index contributed by atoms with van der Waals surface area (Å²) in [6.45, 7) is 6.83.